The van der Waals surface area contributed by atoms with Gasteiger partial charge in [0.15, 0.2) is 0 Å². The minimum atomic E-state index is -0.438. The van der Waals surface area contributed by atoms with E-state index >= 15 is 0 Å². The van der Waals surface area contributed by atoms with Gasteiger partial charge in [0, 0.05) is 33.2 Å². The van der Waals surface area contributed by atoms with Crippen molar-refractivity contribution in [2.45, 2.75) is 5.41 Å². The molecule has 0 saturated carbocycles. The lowest BCUT2D eigenvalue weighted by Crippen LogP contribution is -2.28. The number of para-hydroxylation sites is 2. The van der Waals surface area contributed by atoms with Gasteiger partial charge in [-0.15, -0.1) is 0 Å². The first-order chi connectivity index (χ1) is 31.3. The van der Waals surface area contributed by atoms with Crippen LogP contribution < -0.4 is 4.90 Å². The Morgan fingerprint density at radius 2 is 0.937 bits per heavy atom. The molecule has 0 atom stereocenters. The van der Waals surface area contributed by atoms with E-state index in [0.717, 1.165) is 33.8 Å². The lowest BCUT2D eigenvalue weighted by Gasteiger charge is -2.33. The molecule has 0 aliphatic heterocycles. The van der Waals surface area contributed by atoms with Crippen molar-refractivity contribution in [1.82, 2.24) is 4.57 Å². The highest BCUT2D eigenvalue weighted by atomic mass is 15.1. The largest absolute Gasteiger partial charge is 0.310 e. The van der Waals surface area contributed by atoms with Gasteiger partial charge in [-0.05, 0) is 98.4 Å². The molecule has 0 amide bonds. The van der Waals surface area contributed by atoms with Crippen LogP contribution >= 0.6 is 0 Å². The second-order valence-corrected chi connectivity index (χ2v) is 16.4. The fourth-order valence-electron chi connectivity index (χ4n) is 10.4. The monoisotopic (exact) mass is 802 g/mol. The molecule has 0 fully saturated rings. The van der Waals surface area contributed by atoms with E-state index < -0.39 is 5.41 Å². The van der Waals surface area contributed by atoms with Crippen LogP contribution in [0.2, 0.25) is 0 Å². The third-order valence-corrected chi connectivity index (χ3v) is 13.0. The maximum Gasteiger partial charge on any atom is 0.0713 e. The summed E-state index contributed by atoms with van der Waals surface area (Å²) in [4.78, 5) is 2.35. The summed E-state index contributed by atoms with van der Waals surface area (Å²) in [6.07, 6.45) is 4.62. The van der Waals surface area contributed by atoms with Crippen molar-refractivity contribution < 1.29 is 0 Å². The van der Waals surface area contributed by atoms with Gasteiger partial charge in [0.25, 0.3) is 0 Å². The SMILES string of the molecule is C(=Cc1cccc2c1-c1ccccc1C2(c1ccccc1)c1ccccc1)c1ccc2c3ccc(N(c4ccccc4)c4ccccc4)cc3n(-c3cccc4ccccc34)c2c1. The summed E-state index contributed by atoms with van der Waals surface area (Å²) in [7, 11) is 0. The molecule has 0 radical (unpaired) electrons. The Bertz CT molecular complexity index is 3410. The summed E-state index contributed by atoms with van der Waals surface area (Å²) in [5.41, 5.74) is 16.5. The van der Waals surface area contributed by atoms with Gasteiger partial charge in [-0.1, -0.05) is 206 Å². The molecule has 296 valence electrons. The molecular formula is C61H42N2. The summed E-state index contributed by atoms with van der Waals surface area (Å²) in [6.45, 7) is 0. The second-order valence-electron chi connectivity index (χ2n) is 16.4. The third-order valence-electron chi connectivity index (χ3n) is 13.0. The summed E-state index contributed by atoms with van der Waals surface area (Å²) in [5.74, 6) is 0. The first-order valence-corrected chi connectivity index (χ1v) is 21.8. The zero-order valence-corrected chi connectivity index (χ0v) is 34.6. The number of nitrogens with zero attached hydrogens (tertiary/aromatic N) is 2. The zero-order valence-electron chi connectivity index (χ0n) is 34.6. The molecule has 0 N–H and O–H groups in total. The minimum Gasteiger partial charge on any atom is -0.310 e. The number of hydrogen-bond donors (Lipinski definition) is 0. The molecule has 63 heavy (non-hydrogen) atoms. The molecule has 11 aromatic rings. The van der Waals surface area contributed by atoms with E-state index in [0.29, 0.717) is 0 Å². The zero-order chi connectivity index (χ0) is 41.7. The predicted molar refractivity (Wildman–Crippen MR) is 266 cm³/mol. The highest BCUT2D eigenvalue weighted by Crippen LogP contribution is 2.57. The topological polar surface area (TPSA) is 8.17 Å². The van der Waals surface area contributed by atoms with Crippen molar-refractivity contribution in [2.75, 3.05) is 4.90 Å². The van der Waals surface area contributed by atoms with E-state index in [1.807, 2.05) is 0 Å². The molecule has 1 aliphatic carbocycles. The number of anilines is 3. The van der Waals surface area contributed by atoms with Crippen molar-refractivity contribution in [3.8, 4) is 16.8 Å². The van der Waals surface area contributed by atoms with Crippen LogP contribution in [0.4, 0.5) is 17.1 Å². The summed E-state index contributed by atoms with van der Waals surface area (Å²) < 4.78 is 2.48. The quantitative estimate of drug-likeness (QED) is 0.139. The summed E-state index contributed by atoms with van der Waals surface area (Å²) in [5, 5.41) is 4.87. The molecular weight excluding hydrogens is 761 g/mol. The van der Waals surface area contributed by atoms with Crippen LogP contribution in [-0.4, -0.2) is 4.57 Å². The van der Waals surface area contributed by atoms with Gasteiger partial charge < -0.3 is 9.47 Å². The number of fused-ring (bicyclic) bond motifs is 7. The first kappa shape index (κ1) is 36.6. The number of aromatic nitrogens is 1. The van der Waals surface area contributed by atoms with Gasteiger partial charge in [0.1, 0.15) is 0 Å². The van der Waals surface area contributed by atoms with Gasteiger partial charge in [0.05, 0.1) is 22.1 Å². The molecule has 0 unspecified atom stereocenters. The Morgan fingerprint density at radius 1 is 0.381 bits per heavy atom. The van der Waals surface area contributed by atoms with E-state index in [-0.39, 0.29) is 0 Å². The summed E-state index contributed by atoms with van der Waals surface area (Å²) in [6, 6.07) is 88.5. The predicted octanol–water partition coefficient (Wildman–Crippen LogP) is 15.9. The fourth-order valence-corrected chi connectivity index (χ4v) is 10.4. The van der Waals surface area contributed by atoms with Crippen LogP contribution in [0, 0.1) is 0 Å². The van der Waals surface area contributed by atoms with Crippen molar-refractivity contribution in [3.05, 3.63) is 276 Å². The molecule has 1 aromatic heterocycles. The Labute approximate surface area is 367 Å². The highest BCUT2D eigenvalue weighted by molar-refractivity contribution is 6.12. The normalized spacial score (nSPS) is 12.8. The molecule has 0 saturated heterocycles. The van der Waals surface area contributed by atoms with Gasteiger partial charge in [-0.2, -0.15) is 0 Å². The maximum absolute atomic E-state index is 2.48. The lowest BCUT2D eigenvalue weighted by molar-refractivity contribution is 0.768. The van der Waals surface area contributed by atoms with Crippen molar-refractivity contribution in [2.24, 2.45) is 0 Å². The summed E-state index contributed by atoms with van der Waals surface area (Å²) >= 11 is 0. The third kappa shape index (κ3) is 5.87. The number of hydrogen-bond acceptors (Lipinski definition) is 1. The highest BCUT2D eigenvalue weighted by Gasteiger charge is 2.46. The van der Waals surface area contributed by atoms with Gasteiger partial charge in [0.2, 0.25) is 0 Å². The van der Waals surface area contributed by atoms with Crippen LogP contribution in [0.15, 0.2) is 243 Å². The Kier molecular flexibility index (Phi) is 8.76. The van der Waals surface area contributed by atoms with Gasteiger partial charge >= 0.3 is 0 Å². The lowest BCUT2D eigenvalue weighted by atomic mass is 9.67. The standard InChI is InChI=1S/C61H42N2/c1-5-22-46(23-6-1)61(47-24-7-2-8-25-47)55-32-16-15-31-54(55)60-45(21-17-33-56(60)61)37-35-43-36-39-52-53-40-38-50(62(48-26-9-3-10-27-48)49-28-11-4-12-29-49)42-59(53)63(58(52)41-43)57-34-18-20-44-19-13-14-30-51(44)57/h1-42H. The van der Waals surface area contributed by atoms with Crippen LogP contribution in [-0.2, 0) is 5.41 Å². The Balaban J connectivity index is 1.05. The van der Waals surface area contributed by atoms with Crippen LogP contribution in [0.25, 0.3) is 61.5 Å². The van der Waals surface area contributed by atoms with Gasteiger partial charge in [-0.3, -0.25) is 0 Å². The maximum atomic E-state index is 2.48. The molecule has 1 heterocycles. The van der Waals surface area contributed by atoms with E-state index in [1.165, 1.54) is 66.0 Å². The molecule has 2 nitrogen and oxygen atoms in total. The second kappa shape index (κ2) is 15.1. The number of benzene rings is 10. The first-order valence-electron chi connectivity index (χ1n) is 21.8. The van der Waals surface area contributed by atoms with E-state index in [2.05, 4.69) is 264 Å². The Hall–Kier alpha value is -8.20. The average molecular weight is 803 g/mol. The smallest absolute Gasteiger partial charge is 0.0713 e. The van der Waals surface area contributed by atoms with Crippen LogP contribution in [0.5, 0.6) is 0 Å². The molecule has 2 heteroatoms. The Morgan fingerprint density at radius 3 is 1.65 bits per heavy atom. The van der Waals surface area contributed by atoms with Crippen LogP contribution in [0.3, 0.4) is 0 Å². The average Bonchev–Trinajstić information content (AvgIpc) is 3.85. The van der Waals surface area contributed by atoms with Crippen LogP contribution in [0.1, 0.15) is 33.4 Å². The number of rotatable bonds is 8. The van der Waals surface area contributed by atoms with Crippen molar-refractivity contribution >= 4 is 61.8 Å². The minimum absolute atomic E-state index is 0.438. The van der Waals surface area contributed by atoms with Gasteiger partial charge in [-0.25, -0.2) is 0 Å². The van der Waals surface area contributed by atoms with E-state index in [4.69, 9.17) is 0 Å². The fraction of sp³-hybridized carbons (Fsp3) is 0.0164. The van der Waals surface area contributed by atoms with E-state index in [1.54, 1.807) is 0 Å². The van der Waals surface area contributed by atoms with Crippen molar-refractivity contribution in [1.29, 1.82) is 0 Å². The molecule has 1 aliphatic rings. The van der Waals surface area contributed by atoms with E-state index in [9.17, 15) is 0 Å². The molecule has 10 aromatic carbocycles. The molecule has 12 rings (SSSR count). The van der Waals surface area contributed by atoms with Crippen molar-refractivity contribution in [3.63, 3.8) is 0 Å². The molecule has 0 spiro atoms. The molecule has 0 bridgehead atoms.